The molecule has 0 spiro atoms. The van der Waals surface area contributed by atoms with Gasteiger partial charge in [-0.2, -0.15) is 0 Å². The number of H-pyrrole nitrogens is 1. The van der Waals surface area contributed by atoms with Crippen molar-refractivity contribution in [1.82, 2.24) is 14.9 Å². The quantitative estimate of drug-likeness (QED) is 0.691. The standard InChI is InChI=1S/C21H23ClN4O2/c1-13(2)25-19-16(11-23-20-18(19)17(22)12-24-20)14-3-5-15(6-4-14)21(27)26-7-9-28-10-8-26/h3-6,11-13H,7-10H2,1-2H3,(H2,23,24,25). The van der Waals surface area contributed by atoms with Crippen molar-refractivity contribution in [2.24, 2.45) is 0 Å². The maximum absolute atomic E-state index is 12.7. The van der Waals surface area contributed by atoms with Gasteiger partial charge in [-0.1, -0.05) is 23.7 Å². The lowest BCUT2D eigenvalue weighted by Crippen LogP contribution is -2.40. The molecule has 0 unspecified atom stereocenters. The zero-order valence-corrected chi connectivity index (χ0v) is 16.7. The molecule has 0 bridgehead atoms. The van der Waals surface area contributed by atoms with E-state index in [9.17, 15) is 4.79 Å². The second kappa shape index (κ2) is 7.81. The summed E-state index contributed by atoms with van der Waals surface area (Å²) in [5.74, 6) is 0.0395. The van der Waals surface area contributed by atoms with Crippen molar-refractivity contribution < 1.29 is 9.53 Å². The molecule has 28 heavy (non-hydrogen) atoms. The van der Waals surface area contributed by atoms with Crippen LogP contribution in [0.1, 0.15) is 24.2 Å². The maximum atomic E-state index is 12.7. The van der Waals surface area contributed by atoms with E-state index < -0.39 is 0 Å². The highest BCUT2D eigenvalue weighted by molar-refractivity contribution is 6.36. The highest BCUT2D eigenvalue weighted by atomic mass is 35.5. The topological polar surface area (TPSA) is 70.2 Å². The largest absolute Gasteiger partial charge is 0.382 e. The van der Waals surface area contributed by atoms with E-state index in [0.29, 0.717) is 36.9 Å². The van der Waals surface area contributed by atoms with Crippen LogP contribution in [0.2, 0.25) is 5.02 Å². The van der Waals surface area contributed by atoms with Crippen LogP contribution in [0.3, 0.4) is 0 Å². The number of rotatable bonds is 4. The molecule has 1 saturated heterocycles. The van der Waals surface area contributed by atoms with E-state index in [4.69, 9.17) is 16.3 Å². The number of halogens is 1. The summed E-state index contributed by atoms with van der Waals surface area (Å²) in [6, 6.07) is 7.90. The van der Waals surface area contributed by atoms with Gasteiger partial charge in [0.1, 0.15) is 5.65 Å². The first-order valence-electron chi connectivity index (χ1n) is 9.44. The Morgan fingerprint density at radius 3 is 2.64 bits per heavy atom. The number of ether oxygens (including phenoxy) is 1. The summed E-state index contributed by atoms with van der Waals surface area (Å²) in [5, 5.41) is 5.00. The van der Waals surface area contributed by atoms with Gasteiger partial charge in [0, 0.05) is 42.7 Å². The number of nitrogens with one attached hydrogen (secondary N) is 2. The van der Waals surface area contributed by atoms with E-state index in [0.717, 1.165) is 27.8 Å². The van der Waals surface area contributed by atoms with E-state index in [1.54, 1.807) is 6.20 Å². The molecule has 3 heterocycles. The zero-order chi connectivity index (χ0) is 19.7. The number of nitrogens with zero attached hydrogens (tertiary/aromatic N) is 2. The molecule has 1 aliphatic heterocycles. The average Bonchev–Trinajstić information content (AvgIpc) is 3.09. The molecule has 0 saturated carbocycles. The molecule has 1 aliphatic rings. The fraction of sp³-hybridized carbons (Fsp3) is 0.333. The molecule has 4 rings (SSSR count). The minimum absolute atomic E-state index is 0.0395. The number of hydrogen-bond acceptors (Lipinski definition) is 4. The Kier molecular flexibility index (Phi) is 5.24. The van der Waals surface area contributed by atoms with Gasteiger partial charge in [-0.15, -0.1) is 0 Å². The number of anilines is 1. The first-order chi connectivity index (χ1) is 13.5. The van der Waals surface area contributed by atoms with Crippen LogP contribution in [-0.4, -0.2) is 53.1 Å². The molecule has 3 aromatic rings. The Labute approximate surface area is 168 Å². The molecule has 1 fully saturated rings. The molecule has 1 amide bonds. The summed E-state index contributed by atoms with van der Waals surface area (Å²) >= 11 is 6.40. The van der Waals surface area contributed by atoms with E-state index in [1.807, 2.05) is 35.4 Å². The van der Waals surface area contributed by atoms with Crippen molar-refractivity contribution in [2.45, 2.75) is 19.9 Å². The predicted molar refractivity (Wildman–Crippen MR) is 112 cm³/mol. The maximum Gasteiger partial charge on any atom is 0.254 e. The van der Waals surface area contributed by atoms with Crippen LogP contribution in [-0.2, 0) is 4.74 Å². The number of aromatic amines is 1. The number of carbonyl (C=O) groups excluding carboxylic acids is 1. The van der Waals surface area contributed by atoms with E-state index in [-0.39, 0.29) is 11.9 Å². The number of hydrogen-bond donors (Lipinski definition) is 2. The highest BCUT2D eigenvalue weighted by Gasteiger charge is 2.19. The van der Waals surface area contributed by atoms with Crippen molar-refractivity contribution in [2.75, 3.05) is 31.6 Å². The second-order valence-corrected chi connectivity index (χ2v) is 7.60. The van der Waals surface area contributed by atoms with Crippen LogP contribution < -0.4 is 5.32 Å². The van der Waals surface area contributed by atoms with Crippen LogP contribution in [0.5, 0.6) is 0 Å². The van der Waals surface area contributed by atoms with Crippen LogP contribution in [0, 0.1) is 0 Å². The van der Waals surface area contributed by atoms with Crippen LogP contribution in [0.15, 0.2) is 36.7 Å². The van der Waals surface area contributed by atoms with Crippen molar-refractivity contribution in [1.29, 1.82) is 0 Å². The van der Waals surface area contributed by atoms with E-state index >= 15 is 0 Å². The highest BCUT2D eigenvalue weighted by Crippen LogP contribution is 2.37. The minimum atomic E-state index is 0.0395. The SMILES string of the molecule is CC(C)Nc1c(-c2ccc(C(=O)N3CCOCC3)cc2)cnc2[nH]cc(Cl)c12. The Bertz CT molecular complexity index is 992. The number of carbonyl (C=O) groups is 1. The van der Waals surface area contributed by atoms with E-state index in [1.165, 1.54) is 0 Å². The fourth-order valence-corrected chi connectivity index (χ4v) is 3.69. The van der Waals surface area contributed by atoms with Gasteiger partial charge in [-0.25, -0.2) is 4.98 Å². The van der Waals surface area contributed by atoms with Gasteiger partial charge < -0.3 is 19.9 Å². The molecule has 146 valence electrons. The van der Waals surface area contributed by atoms with Crippen molar-refractivity contribution in [3.63, 3.8) is 0 Å². The number of amides is 1. The van der Waals surface area contributed by atoms with Gasteiger partial charge in [0.25, 0.3) is 5.91 Å². The fourth-order valence-electron chi connectivity index (χ4n) is 3.46. The Morgan fingerprint density at radius 1 is 1.25 bits per heavy atom. The smallest absolute Gasteiger partial charge is 0.254 e. The lowest BCUT2D eigenvalue weighted by Gasteiger charge is -2.27. The third-order valence-electron chi connectivity index (χ3n) is 4.83. The molecule has 2 aromatic heterocycles. The number of aromatic nitrogens is 2. The zero-order valence-electron chi connectivity index (χ0n) is 16.0. The van der Waals surface area contributed by atoms with Gasteiger partial charge in [0.05, 0.1) is 29.3 Å². The Hall–Kier alpha value is -2.57. The summed E-state index contributed by atoms with van der Waals surface area (Å²) in [7, 11) is 0. The third-order valence-corrected chi connectivity index (χ3v) is 5.13. The monoisotopic (exact) mass is 398 g/mol. The summed E-state index contributed by atoms with van der Waals surface area (Å²) in [5.41, 5.74) is 4.30. The molecule has 7 heteroatoms. The van der Waals surface area contributed by atoms with Crippen LogP contribution in [0.4, 0.5) is 5.69 Å². The number of morpholine rings is 1. The van der Waals surface area contributed by atoms with Crippen molar-refractivity contribution in [3.05, 3.63) is 47.2 Å². The Balaban J connectivity index is 1.70. The third kappa shape index (κ3) is 3.57. The summed E-state index contributed by atoms with van der Waals surface area (Å²) in [6.45, 7) is 6.63. The van der Waals surface area contributed by atoms with Crippen LogP contribution in [0.25, 0.3) is 22.2 Å². The van der Waals surface area contributed by atoms with Crippen molar-refractivity contribution >= 4 is 34.2 Å². The minimum Gasteiger partial charge on any atom is -0.382 e. The van der Waals surface area contributed by atoms with Crippen molar-refractivity contribution in [3.8, 4) is 11.1 Å². The molecule has 2 N–H and O–H groups in total. The lowest BCUT2D eigenvalue weighted by molar-refractivity contribution is 0.0303. The summed E-state index contributed by atoms with van der Waals surface area (Å²) in [6.07, 6.45) is 3.58. The molecule has 0 radical (unpaired) electrons. The van der Waals surface area contributed by atoms with Gasteiger partial charge in [-0.3, -0.25) is 4.79 Å². The molecule has 0 atom stereocenters. The molecule has 6 nitrogen and oxygen atoms in total. The summed E-state index contributed by atoms with van der Waals surface area (Å²) in [4.78, 5) is 22.1. The lowest BCUT2D eigenvalue weighted by atomic mass is 10.0. The number of pyridine rings is 1. The number of benzene rings is 1. The predicted octanol–water partition coefficient (Wildman–Crippen LogP) is 4.18. The second-order valence-electron chi connectivity index (χ2n) is 7.19. The molecule has 1 aromatic carbocycles. The average molecular weight is 399 g/mol. The number of fused-ring (bicyclic) bond motifs is 1. The normalized spacial score (nSPS) is 14.6. The molecular formula is C21H23ClN4O2. The van der Waals surface area contributed by atoms with Gasteiger partial charge in [0.15, 0.2) is 0 Å². The van der Waals surface area contributed by atoms with E-state index in [2.05, 4.69) is 29.1 Å². The van der Waals surface area contributed by atoms with Gasteiger partial charge >= 0.3 is 0 Å². The van der Waals surface area contributed by atoms with Gasteiger partial charge in [0.2, 0.25) is 0 Å². The molecular weight excluding hydrogens is 376 g/mol. The summed E-state index contributed by atoms with van der Waals surface area (Å²) < 4.78 is 5.32. The first-order valence-corrected chi connectivity index (χ1v) is 9.82. The van der Waals surface area contributed by atoms with Gasteiger partial charge in [-0.05, 0) is 31.5 Å². The first kappa shape index (κ1) is 18.8. The molecule has 0 aliphatic carbocycles. The Morgan fingerprint density at radius 2 is 1.96 bits per heavy atom. The van der Waals surface area contributed by atoms with Crippen LogP contribution >= 0.6 is 11.6 Å².